The Morgan fingerprint density at radius 3 is 2.67 bits per heavy atom. The molecule has 1 nitrogen and oxygen atoms in total. The van der Waals surface area contributed by atoms with Gasteiger partial charge in [-0.25, -0.2) is 0 Å². The van der Waals surface area contributed by atoms with E-state index in [-0.39, 0.29) is 5.41 Å². The van der Waals surface area contributed by atoms with Crippen LogP contribution in [0.4, 0.5) is 0 Å². The molecule has 21 heavy (non-hydrogen) atoms. The fraction of sp³-hybridized carbons (Fsp3) is 0.650. The number of carbonyl (C=O) groups excluding carboxylic acids is 1. The van der Waals surface area contributed by atoms with Crippen LogP contribution in [0.5, 0.6) is 0 Å². The van der Waals surface area contributed by atoms with Crippen molar-refractivity contribution < 1.29 is 4.79 Å². The number of carbonyl (C=O) groups is 1. The van der Waals surface area contributed by atoms with Gasteiger partial charge in [0, 0.05) is 6.42 Å². The Bertz CT molecular complexity index is 581. The molecular weight excluding hydrogens is 256 g/mol. The van der Waals surface area contributed by atoms with Crippen molar-refractivity contribution in [3.8, 4) is 0 Å². The number of hydrogen-bond donors (Lipinski definition) is 0. The Labute approximate surface area is 128 Å². The maximum Gasteiger partial charge on any atom is 0.156 e. The molecule has 4 rings (SSSR count). The smallest absolute Gasteiger partial charge is 0.156 e. The van der Waals surface area contributed by atoms with Crippen molar-refractivity contribution in [2.24, 2.45) is 28.6 Å². The van der Waals surface area contributed by atoms with Crippen LogP contribution < -0.4 is 0 Å². The molecule has 0 saturated heterocycles. The predicted octanol–water partition coefficient (Wildman–Crippen LogP) is 4.85. The third kappa shape index (κ3) is 1.67. The number of fused-ring (bicyclic) bond motifs is 5. The molecule has 5 atom stereocenters. The van der Waals surface area contributed by atoms with Crippen molar-refractivity contribution in [1.82, 2.24) is 0 Å². The lowest BCUT2D eigenvalue weighted by atomic mass is 9.49. The first-order valence-corrected chi connectivity index (χ1v) is 8.57. The molecule has 0 heterocycles. The van der Waals surface area contributed by atoms with E-state index in [1.54, 1.807) is 0 Å². The SMILES string of the molecule is C=C1CC[C@H]2[C@@H]3C=CC4=CC(=O)CC[C@]4(C)[C@@H]3CC[C@]12C. The van der Waals surface area contributed by atoms with E-state index in [1.165, 1.54) is 36.8 Å². The van der Waals surface area contributed by atoms with Crippen LogP contribution >= 0.6 is 0 Å². The molecule has 0 spiro atoms. The van der Waals surface area contributed by atoms with Crippen LogP contribution in [0.15, 0.2) is 36.0 Å². The molecule has 0 aliphatic heterocycles. The summed E-state index contributed by atoms with van der Waals surface area (Å²) in [6, 6.07) is 0. The van der Waals surface area contributed by atoms with E-state index in [9.17, 15) is 4.79 Å². The molecule has 0 aromatic rings. The third-order valence-corrected chi connectivity index (χ3v) is 7.47. The van der Waals surface area contributed by atoms with E-state index in [4.69, 9.17) is 0 Å². The van der Waals surface area contributed by atoms with Crippen LogP contribution in [0.2, 0.25) is 0 Å². The largest absolute Gasteiger partial charge is 0.295 e. The van der Waals surface area contributed by atoms with Gasteiger partial charge in [-0.15, -0.1) is 0 Å². The maximum atomic E-state index is 11.8. The highest BCUT2D eigenvalue weighted by molar-refractivity contribution is 5.92. The summed E-state index contributed by atoms with van der Waals surface area (Å²) in [5, 5.41) is 0. The normalized spacial score (nSPS) is 48.5. The predicted molar refractivity (Wildman–Crippen MR) is 85.8 cm³/mol. The second kappa shape index (κ2) is 4.21. The van der Waals surface area contributed by atoms with Crippen LogP contribution in [0.3, 0.4) is 0 Å². The van der Waals surface area contributed by atoms with E-state index in [0.717, 1.165) is 24.7 Å². The molecule has 0 aromatic carbocycles. The van der Waals surface area contributed by atoms with Crippen molar-refractivity contribution in [1.29, 1.82) is 0 Å². The molecule has 0 radical (unpaired) electrons. The average Bonchev–Trinajstić information content (AvgIpc) is 2.76. The second-order valence-corrected chi connectivity index (χ2v) is 8.23. The zero-order chi connectivity index (χ0) is 14.8. The van der Waals surface area contributed by atoms with Gasteiger partial charge in [-0.05, 0) is 72.3 Å². The van der Waals surface area contributed by atoms with Crippen molar-refractivity contribution in [3.05, 3.63) is 36.0 Å². The Hall–Kier alpha value is -1.11. The van der Waals surface area contributed by atoms with E-state index in [0.29, 0.717) is 17.1 Å². The first-order chi connectivity index (χ1) is 9.95. The molecule has 0 bridgehead atoms. The van der Waals surface area contributed by atoms with E-state index >= 15 is 0 Å². The van der Waals surface area contributed by atoms with Gasteiger partial charge < -0.3 is 0 Å². The summed E-state index contributed by atoms with van der Waals surface area (Å²) < 4.78 is 0. The van der Waals surface area contributed by atoms with Crippen molar-refractivity contribution in [2.75, 3.05) is 0 Å². The summed E-state index contributed by atoms with van der Waals surface area (Å²) in [6.07, 6.45) is 13.6. The highest BCUT2D eigenvalue weighted by Gasteiger charge is 2.55. The highest BCUT2D eigenvalue weighted by Crippen LogP contribution is 2.64. The molecule has 112 valence electrons. The minimum Gasteiger partial charge on any atom is -0.295 e. The first-order valence-electron chi connectivity index (χ1n) is 8.57. The zero-order valence-corrected chi connectivity index (χ0v) is 13.3. The van der Waals surface area contributed by atoms with Gasteiger partial charge in [0.15, 0.2) is 5.78 Å². The fourth-order valence-electron chi connectivity index (χ4n) is 5.91. The van der Waals surface area contributed by atoms with Crippen molar-refractivity contribution in [2.45, 2.75) is 52.4 Å². The van der Waals surface area contributed by atoms with E-state index in [2.05, 4.69) is 32.6 Å². The highest BCUT2D eigenvalue weighted by atomic mass is 16.1. The van der Waals surface area contributed by atoms with Gasteiger partial charge in [-0.2, -0.15) is 0 Å². The third-order valence-electron chi connectivity index (χ3n) is 7.47. The first kappa shape index (κ1) is 13.5. The quantitative estimate of drug-likeness (QED) is 0.580. The van der Waals surface area contributed by atoms with Crippen molar-refractivity contribution in [3.63, 3.8) is 0 Å². The standard InChI is InChI=1S/C20H26O/c1-13-4-7-17-16-6-5-14-12-15(21)8-10-20(14,3)18(16)9-11-19(13,17)2/h5-6,12,16-18H,1,4,7-11H2,2-3H3/t16-,17-,18+,19+,20-/m0/s1. The second-order valence-electron chi connectivity index (χ2n) is 8.23. The lowest BCUT2D eigenvalue weighted by Gasteiger charge is -2.55. The van der Waals surface area contributed by atoms with Gasteiger partial charge in [0.2, 0.25) is 0 Å². The lowest BCUT2D eigenvalue weighted by molar-refractivity contribution is -0.116. The van der Waals surface area contributed by atoms with Crippen LogP contribution in [0, 0.1) is 28.6 Å². The van der Waals surface area contributed by atoms with E-state index in [1.807, 2.05) is 6.08 Å². The van der Waals surface area contributed by atoms with Gasteiger partial charge >= 0.3 is 0 Å². The summed E-state index contributed by atoms with van der Waals surface area (Å²) in [6.45, 7) is 9.25. The summed E-state index contributed by atoms with van der Waals surface area (Å²) in [7, 11) is 0. The van der Waals surface area contributed by atoms with Crippen LogP contribution in [0.25, 0.3) is 0 Å². The maximum absolute atomic E-state index is 11.8. The fourth-order valence-corrected chi connectivity index (χ4v) is 5.91. The Morgan fingerprint density at radius 1 is 1.10 bits per heavy atom. The van der Waals surface area contributed by atoms with Gasteiger partial charge in [-0.1, -0.05) is 38.2 Å². The lowest BCUT2D eigenvalue weighted by Crippen LogP contribution is -2.47. The van der Waals surface area contributed by atoms with Gasteiger partial charge in [0.05, 0.1) is 0 Å². The minimum absolute atomic E-state index is 0.235. The van der Waals surface area contributed by atoms with Crippen LogP contribution in [-0.4, -0.2) is 5.78 Å². The average molecular weight is 282 g/mol. The Morgan fingerprint density at radius 2 is 1.86 bits per heavy atom. The molecular formula is C20H26O. The monoisotopic (exact) mass is 282 g/mol. The molecule has 0 aromatic heterocycles. The topological polar surface area (TPSA) is 17.1 Å². The summed E-state index contributed by atoms with van der Waals surface area (Å²) in [5.74, 6) is 2.51. The van der Waals surface area contributed by atoms with Crippen LogP contribution in [-0.2, 0) is 4.79 Å². The Balaban J connectivity index is 1.77. The minimum atomic E-state index is 0.235. The Kier molecular flexibility index (Phi) is 2.72. The number of hydrogen-bond acceptors (Lipinski definition) is 1. The molecule has 4 aliphatic rings. The number of ketones is 1. The molecule has 1 heteroatoms. The number of allylic oxidation sites excluding steroid dienone is 5. The molecule has 2 fully saturated rings. The number of rotatable bonds is 0. The van der Waals surface area contributed by atoms with Gasteiger partial charge in [0.1, 0.15) is 0 Å². The molecule has 4 aliphatic carbocycles. The van der Waals surface area contributed by atoms with E-state index < -0.39 is 0 Å². The van der Waals surface area contributed by atoms with Gasteiger partial charge in [0.25, 0.3) is 0 Å². The van der Waals surface area contributed by atoms with Crippen LogP contribution in [0.1, 0.15) is 52.4 Å². The molecule has 0 unspecified atom stereocenters. The molecule has 2 saturated carbocycles. The zero-order valence-electron chi connectivity index (χ0n) is 13.3. The molecule has 0 N–H and O–H groups in total. The summed E-state index contributed by atoms with van der Waals surface area (Å²) >= 11 is 0. The van der Waals surface area contributed by atoms with Crippen molar-refractivity contribution >= 4 is 5.78 Å². The van der Waals surface area contributed by atoms with Gasteiger partial charge in [-0.3, -0.25) is 4.79 Å². The summed E-state index contributed by atoms with van der Waals surface area (Å²) in [4.78, 5) is 11.8. The molecule has 0 amide bonds. The summed E-state index contributed by atoms with van der Waals surface area (Å²) in [5.41, 5.74) is 3.40.